The fraction of sp³-hybridized carbons (Fsp3) is 0.107. The number of carbonyl (C=O) groups excluding carboxylic acids is 1. The molecule has 5 aromatic rings. The molecule has 7 heteroatoms. The fourth-order valence-corrected chi connectivity index (χ4v) is 3.96. The topological polar surface area (TPSA) is 82.6 Å². The molecular weight excluding hydrogens is 442 g/mol. The Hall–Kier alpha value is -4.65. The van der Waals surface area contributed by atoms with Crippen LogP contribution in [0.1, 0.15) is 5.56 Å². The van der Waals surface area contributed by atoms with Gasteiger partial charge < -0.3 is 19.5 Å². The molecule has 0 saturated carbocycles. The van der Waals surface area contributed by atoms with Crippen LogP contribution < -0.4 is 19.5 Å². The van der Waals surface area contributed by atoms with Crippen molar-refractivity contribution >= 4 is 33.3 Å². The first-order valence-electron chi connectivity index (χ1n) is 11.1. The van der Waals surface area contributed by atoms with Crippen LogP contribution in [0.3, 0.4) is 0 Å². The molecule has 4 aromatic carbocycles. The highest BCUT2D eigenvalue weighted by Crippen LogP contribution is 2.36. The third kappa shape index (κ3) is 4.70. The molecule has 0 aliphatic rings. The first kappa shape index (κ1) is 22.2. The molecule has 1 amide bonds. The third-order valence-electron chi connectivity index (χ3n) is 5.65. The van der Waals surface area contributed by atoms with E-state index in [-0.39, 0.29) is 5.91 Å². The molecular formula is C28H23N3O4. The predicted molar refractivity (Wildman–Crippen MR) is 135 cm³/mol. The van der Waals surface area contributed by atoms with Gasteiger partial charge in [-0.2, -0.15) is 0 Å². The quantitative estimate of drug-likeness (QED) is 0.328. The zero-order valence-corrected chi connectivity index (χ0v) is 19.3. The maximum absolute atomic E-state index is 12.6. The Labute approximate surface area is 202 Å². The molecule has 0 saturated heterocycles. The van der Waals surface area contributed by atoms with E-state index in [9.17, 15) is 4.79 Å². The Morgan fingerprint density at radius 2 is 1.63 bits per heavy atom. The highest BCUT2D eigenvalue weighted by atomic mass is 16.5. The van der Waals surface area contributed by atoms with E-state index in [4.69, 9.17) is 14.2 Å². The van der Waals surface area contributed by atoms with Gasteiger partial charge in [0, 0.05) is 17.1 Å². The molecule has 5 rings (SSSR count). The molecule has 0 unspecified atom stereocenters. The SMILES string of the molecule is COc1cc2ncnc(Oc3ccc4c(NC(=O)Cc5ccccc5)cccc4c3)c2cc1OC. The van der Waals surface area contributed by atoms with Gasteiger partial charge >= 0.3 is 0 Å². The highest BCUT2D eigenvalue weighted by molar-refractivity contribution is 6.03. The number of amides is 1. The Kier molecular flexibility index (Phi) is 6.13. The second kappa shape index (κ2) is 9.69. The molecule has 0 fully saturated rings. The van der Waals surface area contributed by atoms with Crippen molar-refractivity contribution in [2.24, 2.45) is 0 Å². The standard InChI is InChI=1S/C28H23N3O4/c1-33-25-15-22-24(16-26(25)34-2)29-17-30-28(22)35-20-11-12-21-19(14-20)9-6-10-23(21)31-27(32)13-18-7-4-3-5-8-18/h3-12,14-17H,13H2,1-2H3,(H,31,32). The number of rotatable bonds is 7. The van der Waals surface area contributed by atoms with Gasteiger partial charge in [-0.3, -0.25) is 4.79 Å². The number of ether oxygens (including phenoxy) is 3. The lowest BCUT2D eigenvalue weighted by Gasteiger charge is -2.13. The van der Waals surface area contributed by atoms with Crippen molar-refractivity contribution in [3.63, 3.8) is 0 Å². The van der Waals surface area contributed by atoms with Crippen LogP contribution in [0, 0.1) is 0 Å². The highest BCUT2D eigenvalue weighted by Gasteiger charge is 2.13. The minimum absolute atomic E-state index is 0.0687. The van der Waals surface area contributed by atoms with Crippen LogP contribution in [-0.4, -0.2) is 30.1 Å². The van der Waals surface area contributed by atoms with Crippen molar-refractivity contribution in [3.05, 3.63) is 90.8 Å². The van der Waals surface area contributed by atoms with Gasteiger partial charge in [0.1, 0.15) is 12.1 Å². The number of nitrogens with zero attached hydrogens (tertiary/aromatic N) is 2. The van der Waals surface area contributed by atoms with E-state index in [1.165, 1.54) is 6.33 Å². The molecule has 0 aliphatic heterocycles. The number of aromatic nitrogens is 2. The second-order valence-electron chi connectivity index (χ2n) is 7.90. The molecule has 7 nitrogen and oxygen atoms in total. The number of carbonyl (C=O) groups is 1. The van der Waals surface area contributed by atoms with E-state index >= 15 is 0 Å². The largest absolute Gasteiger partial charge is 0.493 e. The summed E-state index contributed by atoms with van der Waals surface area (Å²) in [6, 6.07) is 24.7. The second-order valence-corrected chi connectivity index (χ2v) is 7.90. The third-order valence-corrected chi connectivity index (χ3v) is 5.65. The predicted octanol–water partition coefficient (Wildman–Crippen LogP) is 5.77. The molecule has 0 bridgehead atoms. The number of benzene rings is 4. The first-order chi connectivity index (χ1) is 17.1. The van der Waals surface area contributed by atoms with Crippen molar-refractivity contribution in [3.8, 4) is 23.1 Å². The van der Waals surface area contributed by atoms with Gasteiger partial charge in [0.15, 0.2) is 11.5 Å². The summed E-state index contributed by atoms with van der Waals surface area (Å²) in [6.07, 6.45) is 1.76. The Morgan fingerprint density at radius 3 is 2.43 bits per heavy atom. The van der Waals surface area contributed by atoms with Crippen LogP contribution in [0.5, 0.6) is 23.1 Å². The summed E-state index contributed by atoms with van der Waals surface area (Å²) >= 11 is 0. The lowest BCUT2D eigenvalue weighted by atomic mass is 10.1. The van der Waals surface area contributed by atoms with E-state index in [0.717, 1.165) is 22.0 Å². The maximum atomic E-state index is 12.6. The van der Waals surface area contributed by atoms with Crippen molar-refractivity contribution in [1.29, 1.82) is 0 Å². The van der Waals surface area contributed by atoms with Gasteiger partial charge in [0.25, 0.3) is 0 Å². The number of hydrogen-bond acceptors (Lipinski definition) is 6. The summed E-state index contributed by atoms with van der Waals surface area (Å²) in [5.41, 5.74) is 2.39. The lowest BCUT2D eigenvalue weighted by Crippen LogP contribution is -2.14. The molecule has 35 heavy (non-hydrogen) atoms. The van der Waals surface area contributed by atoms with Crippen molar-refractivity contribution < 1.29 is 19.0 Å². The summed E-state index contributed by atoms with van der Waals surface area (Å²) in [6.45, 7) is 0. The smallest absolute Gasteiger partial charge is 0.230 e. The Morgan fingerprint density at radius 1 is 0.829 bits per heavy atom. The van der Waals surface area contributed by atoms with E-state index in [1.54, 1.807) is 26.4 Å². The van der Waals surface area contributed by atoms with Gasteiger partial charge in [0.05, 0.1) is 31.5 Å². The maximum Gasteiger partial charge on any atom is 0.230 e. The molecule has 0 atom stereocenters. The minimum Gasteiger partial charge on any atom is -0.493 e. The lowest BCUT2D eigenvalue weighted by molar-refractivity contribution is -0.115. The average Bonchev–Trinajstić information content (AvgIpc) is 2.88. The number of nitrogens with one attached hydrogen (secondary N) is 1. The molecule has 0 radical (unpaired) electrons. The molecule has 174 valence electrons. The van der Waals surface area contributed by atoms with Gasteiger partial charge in [0.2, 0.25) is 11.8 Å². The number of anilines is 1. The van der Waals surface area contributed by atoms with Crippen LogP contribution in [-0.2, 0) is 11.2 Å². The Balaban J connectivity index is 1.42. The van der Waals surface area contributed by atoms with Crippen LogP contribution >= 0.6 is 0 Å². The van der Waals surface area contributed by atoms with E-state index < -0.39 is 0 Å². The molecule has 0 spiro atoms. The van der Waals surface area contributed by atoms with Crippen molar-refractivity contribution in [2.75, 3.05) is 19.5 Å². The van der Waals surface area contributed by atoms with Crippen LogP contribution in [0.25, 0.3) is 21.7 Å². The van der Waals surface area contributed by atoms with Crippen molar-refractivity contribution in [1.82, 2.24) is 9.97 Å². The van der Waals surface area contributed by atoms with E-state index in [1.807, 2.05) is 66.7 Å². The first-order valence-corrected chi connectivity index (χ1v) is 11.1. The van der Waals surface area contributed by atoms with Gasteiger partial charge in [-0.25, -0.2) is 9.97 Å². The zero-order chi connectivity index (χ0) is 24.2. The summed E-state index contributed by atoms with van der Waals surface area (Å²) in [4.78, 5) is 21.2. The van der Waals surface area contributed by atoms with E-state index in [2.05, 4.69) is 15.3 Å². The summed E-state index contributed by atoms with van der Waals surface area (Å²) < 4.78 is 16.9. The number of fused-ring (bicyclic) bond motifs is 2. The number of methoxy groups -OCH3 is 2. The normalized spacial score (nSPS) is 10.8. The fourth-order valence-electron chi connectivity index (χ4n) is 3.96. The van der Waals surface area contributed by atoms with Crippen LogP contribution in [0.4, 0.5) is 5.69 Å². The van der Waals surface area contributed by atoms with Gasteiger partial charge in [-0.15, -0.1) is 0 Å². The summed E-state index contributed by atoms with van der Waals surface area (Å²) in [5, 5.41) is 5.57. The average molecular weight is 466 g/mol. The Bertz CT molecular complexity index is 1520. The van der Waals surface area contributed by atoms with Gasteiger partial charge in [-0.05, 0) is 41.3 Å². The molecule has 0 aliphatic carbocycles. The number of hydrogen-bond donors (Lipinski definition) is 1. The monoisotopic (exact) mass is 465 g/mol. The minimum atomic E-state index is -0.0687. The van der Waals surface area contributed by atoms with Crippen molar-refractivity contribution in [2.45, 2.75) is 6.42 Å². The summed E-state index contributed by atoms with van der Waals surface area (Å²) in [7, 11) is 3.16. The molecule has 1 aromatic heterocycles. The molecule has 1 heterocycles. The molecule has 1 N–H and O–H groups in total. The van der Waals surface area contributed by atoms with E-state index in [0.29, 0.717) is 40.5 Å². The zero-order valence-electron chi connectivity index (χ0n) is 19.3. The van der Waals surface area contributed by atoms with Gasteiger partial charge in [-0.1, -0.05) is 42.5 Å². The van der Waals surface area contributed by atoms with Crippen LogP contribution in [0.15, 0.2) is 85.2 Å². The summed E-state index contributed by atoms with van der Waals surface area (Å²) in [5.74, 6) is 2.09. The van der Waals surface area contributed by atoms with Crippen LogP contribution in [0.2, 0.25) is 0 Å².